The van der Waals surface area contributed by atoms with Crippen LogP contribution >= 0.6 is 23.2 Å². The van der Waals surface area contributed by atoms with E-state index in [0.717, 1.165) is 5.56 Å². The van der Waals surface area contributed by atoms with Crippen molar-refractivity contribution in [1.29, 1.82) is 0 Å². The molecule has 1 atom stereocenters. The van der Waals surface area contributed by atoms with Crippen LogP contribution in [0.25, 0.3) is 0 Å². The van der Waals surface area contributed by atoms with E-state index in [4.69, 9.17) is 32.7 Å². The predicted molar refractivity (Wildman–Crippen MR) is 125 cm³/mol. The summed E-state index contributed by atoms with van der Waals surface area (Å²) in [6.07, 6.45) is 0. The lowest BCUT2D eigenvalue weighted by molar-refractivity contribution is -0.139. The third-order valence-electron chi connectivity index (χ3n) is 5.25. The molecule has 0 aliphatic carbocycles. The van der Waals surface area contributed by atoms with Crippen molar-refractivity contribution in [1.82, 2.24) is 10.2 Å². The van der Waals surface area contributed by atoms with Crippen LogP contribution in [0.4, 0.5) is 4.79 Å². The standard InChI is InChI=1S/C24H26Cl2N2O4/c1-5-31-23(29)21-19(13-32-20-9-7-6-8-16(20)14(2)3)28(4)24(30)27-22(21)15-10-11-17(25)18(26)12-15/h6-12,14,22H,5,13H2,1-4H3,(H,27,30). The molecule has 32 heavy (non-hydrogen) atoms. The smallest absolute Gasteiger partial charge is 0.338 e. The molecule has 2 aromatic rings. The van der Waals surface area contributed by atoms with Gasteiger partial charge in [-0.2, -0.15) is 0 Å². The second kappa shape index (κ2) is 10.3. The van der Waals surface area contributed by atoms with Gasteiger partial charge in [-0.1, -0.05) is 61.3 Å². The molecule has 1 unspecified atom stereocenters. The summed E-state index contributed by atoms with van der Waals surface area (Å²) >= 11 is 12.3. The molecule has 2 aromatic carbocycles. The van der Waals surface area contributed by atoms with Crippen LogP contribution in [0, 0.1) is 0 Å². The number of rotatable bonds is 7. The van der Waals surface area contributed by atoms with Crippen molar-refractivity contribution in [2.45, 2.75) is 32.7 Å². The number of nitrogens with zero attached hydrogens (tertiary/aromatic N) is 1. The van der Waals surface area contributed by atoms with Gasteiger partial charge in [0.15, 0.2) is 0 Å². The summed E-state index contributed by atoms with van der Waals surface area (Å²) in [5.74, 6) is 0.413. The molecule has 1 heterocycles. The fraction of sp³-hybridized carbons (Fsp3) is 0.333. The highest BCUT2D eigenvalue weighted by molar-refractivity contribution is 6.42. The van der Waals surface area contributed by atoms with E-state index in [0.29, 0.717) is 27.1 Å². The second-order valence-corrected chi connectivity index (χ2v) is 8.49. The molecule has 1 aliphatic heterocycles. The van der Waals surface area contributed by atoms with Crippen molar-refractivity contribution < 1.29 is 19.1 Å². The van der Waals surface area contributed by atoms with Crippen molar-refractivity contribution in [3.63, 3.8) is 0 Å². The van der Waals surface area contributed by atoms with Crippen LogP contribution in [0.15, 0.2) is 53.7 Å². The van der Waals surface area contributed by atoms with E-state index in [9.17, 15) is 9.59 Å². The maximum atomic E-state index is 13.0. The fourth-order valence-electron chi connectivity index (χ4n) is 3.56. The Morgan fingerprint density at radius 2 is 1.88 bits per heavy atom. The zero-order valence-electron chi connectivity index (χ0n) is 18.4. The number of likely N-dealkylation sites (N-methyl/N-ethyl adjacent to an activating group) is 1. The molecule has 0 spiro atoms. The van der Waals surface area contributed by atoms with Gasteiger partial charge >= 0.3 is 12.0 Å². The Labute approximate surface area is 198 Å². The van der Waals surface area contributed by atoms with E-state index in [1.807, 2.05) is 24.3 Å². The van der Waals surface area contributed by atoms with Gasteiger partial charge < -0.3 is 14.8 Å². The maximum Gasteiger partial charge on any atom is 0.338 e. The molecule has 0 aromatic heterocycles. The number of carbonyl (C=O) groups excluding carboxylic acids is 2. The number of amides is 2. The molecule has 8 heteroatoms. The van der Waals surface area contributed by atoms with Gasteiger partial charge in [-0.15, -0.1) is 0 Å². The highest BCUT2D eigenvalue weighted by Gasteiger charge is 2.37. The van der Waals surface area contributed by atoms with Crippen molar-refractivity contribution in [2.24, 2.45) is 0 Å². The molecule has 6 nitrogen and oxygen atoms in total. The number of benzene rings is 2. The molecule has 0 bridgehead atoms. The molecule has 2 amide bonds. The molecular formula is C24H26Cl2N2O4. The first-order valence-electron chi connectivity index (χ1n) is 10.4. The van der Waals surface area contributed by atoms with Gasteiger partial charge in [0.1, 0.15) is 12.4 Å². The summed E-state index contributed by atoms with van der Waals surface area (Å²) in [6, 6.07) is 11.6. The van der Waals surface area contributed by atoms with E-state index >= 15 is 0 Å². The number of urea groups is 1. The summed E-state index contributed by atoms with van der Waals surface area (Å²) < 4.78 is 11.4. The summed E-state index contributed by atoms with van der Waals surface area (Å²) in [6.45, 7) is 6.09. The lowest BCUT2D eigenvalue weighted by Gasteiger charge is -2.34. The van der Waals surface area contributed by atoms with Crippen molar-refractivity contribution in [3.8, 4) is 5.75 Å². The number of ether oxygens (including phenoxy) is 2. The summed E-state index contributed by atoms with van der Waals surface area (Å²) in [4.78, 5) is 27.1. The minimum Gasteiger partial charge on any atom is -0.487 e. The van der Waals surface area contributed by atoms with Gasteiger partial charge in [-0.3, -0.25) is 4.90 Å². The quantitative estimate of drug-likeness (QED) is 0.519. The van der Waals surface area contributed by atoms with Gasteiger partial charge in [0.05, 0.1) is 34.0 Å². The summed E-state index contributed by atoms with van der Waals surface area (Å²) in [5.41, 5.74) is 2.36. The Kier molecular flexibility index (Phi) is 7.69. The highest BCUT2D eigenvalue weighted by Crippen LogP contribution is 2.35. The molecule has 0 fully saturated rings. The summed E-state index contributed by atoms with van der Waals surface area (Å²) in [5, 5.41) is 3.55. The molecule has 3 rings (SSSR count). The lowest BCUT2D eigenvalue weighted by atomic mass is 9.94. The molecule has 170 valence electrons. The zero-order valence-corrected chi connectivity index (χ0v) is 20.0. The second-order valence-electron chi connectivity index (χ2n) is 7.68. The molecule has 0 saturated heterocycles. The van der Waals surface area contributed by atoms with Crippen LogP contribution in [-0.2, 0) is 9.53 Å². The SMILES string of the molecule is CCOC(=O)C1=C(COc2ccccc2C(C)C)N(C)C(=O)NC1c1ccc(Cl)c(Cl)c1. The Hall–Kier alpha value is -2.70. The van der Waals surface area contributed by atoms with Crippen LogP contribution < -0.4 is 10.1 Å². The Morgan fingerprint density at radius 3 is 2.53 bits per heavy atom. The predicted octanol–water partition coefficient (Wildman–Crippen LogP) is 5.71. The third-order valence-corrected chi connectivity index (χ3v) is 5.99. The topological polar surface area (TPSA) is 67.9 Å². The number of hydrogen-bond acceptors (Lipinski definition) is 4. The van der Waals surface area contributed by atoms with E-state index in [1.54, 1.807) is 32.2 Å². The first-order valence-corrected chi connectivity index (χ1v) is 11.1. The Balaban J connectivity index is 2.07. The van der Waals surface area contributed by atoms with Crippen LogP contribution in [0.2, 0.25) is 10.0 Å². The first kappa shape index (κ1) is 24.0. The number of esters is 1. The number of para-hydroxylation sites is 1. The van der Waals surface area contributed by atoms with E-state index in [2.05, 4.69) is 19.2 Å². The van der Waals surface area contributed by atoms with Gasteiger partial charge in [-0.25, -0.2) is 9.59 Å². The minimum absolute atomic E-state index is 0.0135. The average molecular weight is 477 g/mol. The maximum absolute atomic E-state index is 13.0. The van der Waals surface area contributed by atoms with Crippen molar-refractivity contribution in [2.75, 3.05) is 20.3 Å². The highest BCUT2D eigenvalue weighted by atomic mass is 35.5. The normalized spacial score (nSPS) is 16.3. The number of carbonyl (C=O) groups is 2. The molecule has 1 aliphatic rings. The largest absolute Gasteiger partial charge is 0.487 e. The van der Waals surface area contributed by atoms with Gasteiger partial charge in [-0.05, 0) is 42.2 Å². The fourth-order valence-corrected chi connectivity index (χ4v) is 3.86. The Bertz CT molecular complexity index is 1050. The first-order chi connectivity index (χ1) is 15.2. The monoisotopic (exact) mass is 476 g/mol. The zero-order chi connectivity index (χ0) is 23.4. The number of nitrogens with one attached hydrogen (secondary N) is 1. The number of halogens is 2. The van der Waals surface area contributed by atoms with Crippen LogP contribution in [-0.4, -0.2) is 37.2 Å². The van der Waals surface area contributed by atoms with Gasteiger partial charge in [0, 0.05) is 7.05 Å². The van der Waals surface area contributed by atoms with E-state index in [-0.39, 0.29) is 30.7 Å². The van der Waals surface area contributed by atoms with Crippen LogP contribution in [0.1, 0.15) is 43.9 Å². The van der Waals surface area contributed by atoms with E-state index in [1.165, 1.54) is 4.90 Å². The molecule has 0 saturated carbocycles. The third kappa shape index (κ3) is 5.03. The molecule has 0 radical (unpaired) electrons. The average Bonchev–Trinajstić information content (AvgIpc) is 2.76. The number of hydrogen-bond donors (Lipinski definition) is 1. The van der Waals surface area contributed by atoms with Crippen molar-refractivity contribution in [3.05, 3.63) is 74.9 Å². The van der Waals surface area contributed by atoms with Gasteiger partial charge in [0.25, 0.3) is 0 Å². The Morgan fingerprint density at radius 1 is 1.16 bits per heavy atom. The molecular weight excluding hydrogens is 451 g/mol. The molecule has 1 N–H and O–H groups in total. The van der Waals surface area contributed by atoms with E-state index < -0.39 is 12.0 Å². The van der Waals surface area contributed by atoms with Crippen LogP contribution in [0.5, 0.6) is 5.75 Å². The van der Waals surface area contributed by atoms with Crippen LogP contribution in [0.3, 0.4) is 0 Å². The van der Waals surface area contributed by atoms with Crippen molar-refractivity contribution >= 4 is 35.2 Å². The minimum atomic E-state index is -0.758. The van der Waals surface area contributed by atoms with Gasteiger partial charge in [0.2, 0.25) is 0 Å². The summed E-state index contributed by atoms with van der Waals surface area (Å²) in [7, 11) is 1.59. The lowest BCUT2D eigenvalue weighted by Crippen LogP contribution is -2.48.